The van der Waals surface area contributed by atoms with Crippen LogP contribution in [0.25, 0.3) is 0 Å². The lowest BCUT2D eigenvalue weighted by atomic mass is 10.1. The van der Waals surface area contributed by atoms with E-state index >= 15 is 0 Å². The first-order chi connectivity index (χ1) is 7.63. The Morgan fingerprint density at radius 1 is 1.50 bits per heavy atom. The van der Waals surface area contributed by atoms with Crippen molar-refractivity contribution < 1.29 is 0 Å². The monoisotopic (exact) mass is 258 g/mol. The maximum atomic E-state index is 4.48. The van der Waals surface area contributed by atoms with Crippen LogP contribution in [0.1, 0.15) is 32.9 Å². The molecule has 92 valence electrons. The van der Waals surface area contributed by atoms with Crippen LogP contribution in [0, 0.1) is 12.8 Å². The number of thiazole rings is 1. The number of aromatic nitrogens is 1. The van der Waals surface area contributed by atoms with Gasteiger partial charge in [-0.2, -0.15) is 0 Å². The molecule has 0 saturated heterocycles. The highest BCUT2D eigenvalue weighted by molar-refractivity contribution is 8.01. The highest BCUT2D eigenvalue weighted by Gasteiger charge is 2.13. The Hall–Kier alpha value is -0.0600. The van der Waals surface area contributed by atoms with Crippen LogP contribution in [0.5, 0.6) is 0 Å². The number of rotatable bonds is 7. The van der Waals surface area contributed by atoms with Gasteiger partial charge >= 0.3 is 0 Å². The minimum Gasteiger partial charge on any atom is -0.313 e. The Morgan fingerprint density at radius 3 is 2.75 bits per heavy atom. The third-order valence-electron chi connectivity index (χ3n) is 2.45. The van der Waals surface area contributed by atoms with E-state index in [1.807, 2.05) is 11.8 Å². The van der Waals surface area contributed by atoms with Crippen molar-refractivity contribution in [3.8, 4) is 0 Å². The summed E-state index contributed by atoms with van der Waals surface area (Å²) < 4.78 is 1.20. The molecule has 0 aliphatic carbocycles. The zero-order chi connectivity index (χ0) is 12.0. The van der Waals surface area contributed by atoms with Gasteiger partial charge in [0.15, 0.2) is 0 Å². The van der Waals surface area contributed by atoms with Crippen molar-refractivity contribution in [1.82, 2.24) is 10.3 Å². The number of thioether (sulfide) groups is 1. The molecular formula is C12H22N2S2. The number of aryl methyl sites for hydroxylation is 1. The van der Waals surface area contributed by atoms with Crippen molar-refractivity contribution in [2.45, 2.75) is 44.5 Å². The van der Waals surface area contributed by atoms with Crippen LogP contribution in [0.3, 0.4) is 0 Å². The molecule has 0 amide bonds. The van der Waals surface area contributed by atoms with E-state index in [1.54, 1.807) is 11.3 Å². The van der Waals surface area contributed by atoms with Gasteiger partial charge in [0.1, 0.15) is 4.34 Å². The molecule has 0 radical (unpaired) electrons. The summed E-state index contributed by atoms with van der Waals surface area (Å²) in [6.07, 6.45) is 1.20. The summed E-state index contributed by atoms with van der Waals surface area (Å²) in [5, 5.41) is 5.72. The van der Waals surface area contributed by atoms with E-state index in [2.05, 4.69) is 43.4 Å². The predicted molar refractivity (Wildman–Crippen MR) is 74.5 cm³/mol. The molecule has 0 bridgehead atoms. The van der Waals surface area contributed by atoms with E-state index in [0.717, 1.165) is 18.0 Å². The van der Waals surface area contributed by atoms with E-state index in [4.69, 9.17) is 0 Å². The van der Waals surface area contributed by atoms with Crippen LogP contribution in [-0.4, -0.2) is 23.3 Å². The second-order valence-electron chi connectivity index (χ2n) is 4.37. The first kappa shape index (κ1) is 14.0. The molecule has 16 heavy (non-hydrogen) atoms. The van der Waals surface area contributed by atoms with E-state index in [-0.39, 0.29) is 0 Å². The summed E-state index contributed by atoms with van der Waals surface area (Å²) in [4.78, 5) is 4.48. The van der Waals surface area contributed by atoms with E-state index in [0.29, 0.717) is 12.0 Å². The molecule has 1 unspecified atom stereocenters. The largest absolute Gasteiger partial charge is 0.313 e. The first-order valence-corrected chi connectivity index (χ1v) is 7.78. The number of hydrogen-bond acceptors (Lipinski definition) is 4. The third kappa shape index (κ3) is 4.85. The lowest BCUT2D eigenvalue weighted by Crippen LogP contribution is -2.36. The molecule has 0 fully saturated rings. The van der Waals surface area contributed by atoms with Crippen molar-refractivity contribution in [3.05, 3.63) is 11.1 Å². The molecule has 4 heteroatoms. The molecule has 2 nitrogen and oxygen atoms in total. The molecule has 0 aliphatic rings. The van der Waals surface area contributed by atoms with Gasteiger partial charge < -0.3 is 5.32 Å². The predicted octanol–water partition coefficient (Wildman–Crippen LogP) is 3.57. The molecule has 0 spiro atoms. The summed E-state index contributed by atoms with van der Waals surface area (Å²) in [7, 11) is 0. The number of nitrogens with one attached hydrogen (secondary N) is 1. The summed E-state index contributed by atoms with van der Waals surface area (Å²) in [5.41, 5.74) is 1.13. The van der Waals surface area contributed by atoms with E-state index in [9.17, 15) is 0 Å². The van der Waals surface area contributed by atoms with E-state index < -0.39 is 0 Å². The Labute approximate surface area is 107 Å². The summed E-state index contributed by atoms with van der Waals surface area (Å²) >= 11 is 3.62. The molecule has 0 saturated carbocycles. The third-order valence-corrected chi connectivity index (χ3v) is 4.70. The van der Waals surface area contributed by atoms with Gasteiger partial charge in [-0.05, 0) is 25.8 Å². The van der Waals surface area contributed by atoms with Crippen LogP contribution >= 0.6 is 23.1 Å². The van der Waals surface area contributed by atoms with Gasteiger partial charge in [-0.15, -0.1) is 11.3 Å². The Kier molecular flexibility index (Phi) is 6.39. The van der Waals surface area contributed by atoms with Gasteiger partial charge in [0.25, 0.3) is 0 Å². The van der Waals surface area contributed by atoms with E-state index in [1.165, 1.54) is 10.8 Å². The van der Waals surface area contributed by atoms with Gasteiger partial charge in [-0.3, -0.25) is 0 Å². The zero-order valence-corrected chi connectivity index (χ0v) is 12.3. The Bertz CT molecular complexity index is 297. The van der Waals surface area contributed by atoms with Crippen LogP contribution in [-0.2, 0) is 0 Å². The van der Waals surface area contributed by atoms with Gasteiger partial charge in [-0.25, -0.2) is 4.98 Å². The van der Waals surface area contributed by atoms with Gasteiger partial charge in [0.2, 0.25) is 0 Å². The zero-order valence-electron chi connectivity index (χ0n) is 10.6. The molecule has 0 aromatic carbocycles. The summed E-state index contributed by atoms with van der Waals surface area (Å²) in [6.45, 7) is 9.93. The minimum atomic E-state index is 0.592. The molecular weight excluding hydrogens is 236 g/mol. The smallest absolute Gasteiger partial charge is 0.150 e. The topological polar surface area (TPSA) is 24.9 Å². The quantitative estimate of drug-likeness (QED) is 0.757. The highest BCUT2D eigenvalue weighted by atomic mass is 32.2. The maximum absolute atomic E-state index is 4.48. The highest BCUT2D eigenvalue weighted by Crippen LogP contribution is 2.24. The lowest BCUT2D eigenvalue weighted by Gasteiger charge is -2.21. The van der Waals surface area contributed by atoms with Crippen LogP contribution in [0.2, 0.25) is 0 Å². The van der Waals surface area contributed by atoms with Crippen molar-refractivity contribution in [1.29, 1.82) is 0 Å². The molecule has 1 aromatic heterocycles. The van der Waals surface area contributed by atoms with Crippen LogP contribution < -0.4 is 5.32 Å². The van der Waals surface area contributed by atoms with Crippen LogP contribution in [0.4, 0.5) is 0 Å². The lowest BCUT2D eigenvalue weighted by molar-refractivity contribution is 0.434. The average Bonchev–Trinajstić information content (AvgIpc) is 2.64. The van der Waals surface area contributed by atoms with Crippen molar-refractivity contribution in [2.24, 2.45) is 5.92 Å². The molecule has 0 aliphatic heterocycles. The second-order valence-corrected chi connectivity index (χ2v) is 6.50. The number of hydrogen-bond donors (Lipinski definition) is 1. The molecule has 1 N–H and O–H groups in total. The van der Waals surface area contributed by atoms with Gasteiger partial charge in [0, 0.05) is 22.9 Å². The van der Waals surface area contributed by atoms with Crippen molar-refractivity contribution in [3.63, 3.8) is 0 Å². The summed E-state index contributed by atoms with van der Waals surface area (Å²) in [6, 6.07) is 0.592. The standard InChI is InChI=1S/C12H22N2S2/c1-5-6-13-11(9(2)3)8-16-12-14-10(4)7-15-12/h7,9,11,13H,5-6,8H2,1-4H3. The van der Waals surface area contributed by atoms with Crippen LogP contribution in [0.15, 0.2) is 9.72 Å². The summed E-state index contributed by atoms with van der Waals surface area (Å²) in [5.74, 6) is 1.80. The number of nitrogens with zero attached hydrogens (tertiary/aromatic N) is 1. The van der Waals surface area contributed by atoms with Crippen molar-refractivity contribution in [2.75, 3.05) is 12.3 Å². The Balaban J connectivity index is 2.37. The van der Waals surface area contributed by atoms with Gasteiger partial charge in [0.05, 0.1) is 0 Å². The second kappa shape index (κ2) is 7.30. The fourth-order valence-electron chi connectivity index (χ4n) is 1.38. The van der Waals surface area contributed by atoms with Gasteiger partial charge in [-0.1, -0.05) is 32.5 Å². The molecule has 1 rings (SSSR count). The Morgan fingerprint density at radius 2 is 2.25 bits per heavy atom. The SMILES string of the molecule is CCCNC(CSc1nc(C)cs1)C(C)C. The first-order valence-electron chi connectivity index (χ1n) is 5.91. The fraction of sp³-hybridized carbons (Fsp3) is 0.750. The fourth-order valence-corrected chi connectivity index (χ4v) is 3.55. The molecule has 1 atom stereocenters. The minimum absolute atomic E-state index is 0.592. The van der Waals surface area contributed by atoms with Crippen molar-refractivity contribution >= 4 is 23.1 Å². The maximum Gasteiger partial charge on any atom is 0.150 e. The molecule has 1 heterocycles. The normalized spacial score (nSPS) is 13.3. The average molecular weight is 258 g/mol. The molecule has 1 aromatic rings.